The van der Waals surface area contributed by atoms with Crippen molar-refractivity contribution in [2.75, 3.05) is 32.6 Å². The van der Waals surface area contributed by atoms with Crippen LogP contribution in [0.4, 0.5) is 0 Å². The molecular formula is C22H25N5O3S. The van der Waals surface area contributed by atoms with Crippen LogP contribution in [0.2, 0.25) is 0 Å². The smallest absolute Gasteiger partial charge is 0.233 e. The Morgan fingerprint density at radius 3 is 2.68 bits per heavy atom. The topological polar surface area (TPSA) is 82.4 Å². The van der Waals surface area contributed by atoms with Crippen molar-refractivity contribution in [2.45, 2.75) is 24.6 Å². The Balaban J connectivity index is 1.58. The lowest BCUT2D eigenvalue weighted by Crippen LogP contribution is -2.46. The molecule has 0 spiro atoms. The van der Waals surface area contributed by atoms with Gasteiger partial charge in [0.05, 0.1) is 25.6 Å². The zero-order valence-electron chi connectivity index (χ0n) is 17.6. The zero-order chi connectivity index (χ0) is 21.6. The zero-order valence-corrected chi connectivity index (χ0v) is 18.4. The number of amides is 1. The predicted molar refractivity (Wildman–Crippen MR) is 118 cm³/mol. The van der Waals surface area contributed by atoms with E-state index in [0.29, 0.717) is 36.4 Å². The van der Waals surface area contributed by atoms with E-state index in [2.05, 4.69) is 22.1 Å². The largest absolute Gasteiger partial charge is 0.497 e. The van der Waals surface area contributed by atoms with Crippen LogP contribution >= 0.6 is 11.8 Å². The average molecular weight is 440 g/mol. The molecule has 0 aliphatic carbocycles. The van der Waals surface area contributed by atoms with E-state index in [1.54, 1.807) is 19.5 Å². The van der Waals surface area contributed by atoms with Crippen molar-refractivity contribution in [3.8, 4) is 22.8 Å². The van der Waals surface area contributed by atoms with Crippen molar-refractivity contribution in [1.82, 2.24) is 24.6 Å². The van der Waals surface area contributed by atoms with Gasteiger partial charge in [0.1, 0.15) is 5.75 Å². The fourth-order valence-corrected chi connectivity index (χ4v) is 4.28. The molecule has 1 saturated heterocycles. The Bertz CT molecular complexity index is 1010. The SMILES string of the molecule is CCC1CN(C(=O)CSc2nnc(-c3ccncc3)n2-c2ccc(OC)cc2)CCO1. The normalized spacial score (nSPS) is 16.3. The summed E-state index contributed by atoms with van der Waals surface area (Å²) in [7, 11) is 1.64. The van der Waals surface area contributed by atoms with Crippen molar-refractivity contribution in [3.63, 3.8) is 0 Å². The second-order valence-corrected chi connectivity index (χ2v) is 8.05. The van der Waals surface area contributed by atoms with Gasteiger partial charge in [-0.2, -0.15) is 0 Å². The maximum atomic E-state index is 12.8. The first-order chi connectivity index (χ1) is 15.2. The summed E-state index contributed by atoms with van der Waals surface area (Å²) in [5.41, 5.74) is 1.79. The fraction of sp³-hybridized carbons (Fsp3) is 0.364. The summed E-state index contributed by atoms with van der Waals surface area (Å²) in [6.07, 6.45) is 4.46. The molecule has 4 rings (SSSR count). The van der Waals surface area contributed by atoms with Crippen LogP contribution in [0.1, 0.15) is 13.3 Å². The number of hydrogen-bond acceptors (Lipinski definition) is 7. The van der Waals surface area contributed by atoms with Gasteiger partial charge in [-0.1, -0.05) is 18.7 Å². The first-order valence-electron chi connectivity index (χ1n) is 10.2. The molecule has 9 heteroatoms. The molecule has 0 N–H and O–H groups in total. The highest BCUT2D eigenvalue weighted by Crippen LogP contribution is 2.29. The number of pyridine rings is 1. The van der Waals surface area contributed by atoms with Crippen molar-refractivity contribution in [2.24, 2.45) is 0 Å². The van der Waals surface area contributed by atoms with Gasteiger partial charge in [-0.25, -0.2) is 0 Å². The summed E-state index contributed by atoms with van der Waals surface area (Å²) in [5, 5.41) is 9.46. The monoisotopic (exact) mass is 439 g/mol. The Hall–Kier alpha value is -2.91. The van der Waals surface area contributed by atoms with E-state index in [-0.39, 0.29) is 12.0 Å². The van der Waals surface area contributed by atoms with E-state index < -0.39 is 0 Å². The van der Waals surface area contributed by atoms with Crippen molar-refractivity contribution >= 4 is 17.7 Å². The van der Waals surface area contributed by atoms with Gasteiger partial charge in [0.2, 0.25) is 5.91 Å². The number of hydrogen-bond donors (Lipinski definition) is 0. The van der Waals surface area contributed by atoms with Crippen LogP contribution in [-0.2, 0) is 9.53 Å². The lowest BCUT2D eigenvalue weighted by atomic mass is 10.2. The van der Waals surface area contributed by atoms with E-state index in [0.717, 1.165) is 23.4 Å². The Kier molecular flexibility index (Phi) is 6.83. The molecule has 1 unspecified atom stereocenters. The van der Waals surface area contributed by atoms with E-state index >= 15 is 0 Å². The standard InChI is InChI=1S/C22H25N5O3S/c1-3-18-14-26(12-13-30-18)20(28)15-31-22-25-24-21(16-8-10-23-11-9-16)27(22)17-4-6-19(29-2)7-5-17/h4-11,18H,3,12-15H2,1-2H3. The van der Waals surface area contributed by atoms with Gasteiger partial charge in [-0.15, -0.1) is 10.2 Å². The molecule has 0 bridgehead atoms. The Labute approximate surface area is 185 Å². The number of carbonyl (C=O) groups excluding carboxylic acids is 1. The summed E-state index contributed by atoms with van der Waals surface area (Å²) in [6.45, 7) is 3.93. The first kappa shape index (κ1) is 21.3. The van der Waals surface area contributed by atoms with Gasteiger partial charge in [0, 0.05) is 36.7 Å². The first-order valence-corrected chi connectivity index (χ1v) is 11.2. The molecule has 1 atom stereocenters. The Morgan fingerprint density at radius 1 is 1.19 bits per heavy atom. The van der Waals surface area contributed by atoms with Crippen LogP contribution in [0, 0.1) is 0 Å². The molecule has 3 heterocycles. The van der Waals surface area contributed by atoms with Gasteiger partial charge in [0.25, 0.3) is 0 Å². The molecule has 1 fully saturated rings. The molecule has 31 heavy (non-hydrogen) atoms. The number of thioether (sulfide) groups is 1. The fourth-order valence-electron chi connectivity index (χ4n) is 3.43. The van der Waals surface area contributed by atoms with Crippen LogP contribution in [0.15, 0.2) is 53.9 Å². The number of aromatic nitrogens is 4. The van der Waals surface area contributed by atoms with Gasteiger partial charge in [0.15, 0.2) is 11.0 Å². The average Bonchev–Trinajstić information content (AvgIpc) is 3.27. The molecule has 0 saturated carbocycles. The highest BCUT2D eigenvalue weighted by Gasteiger charge is 2.24. The molecule has 2 aromatic heterocycles. The molecule has 1 aliphatic heterocycles. The third-order valence-corrected chi connectivity index (χ3v) is 6.09. The number of methoxy groups -OCH3 is 1. The van der Waals surface area contributed by atoms with Crippen LogP contribution in [0.5, 0.6) is 5.75 Å². The second-order valence-electron chi connectivity index (χ2n) is 7.10. The van der Waals surface area contributed by atoms with Crippen molar-refractivity contribution < 1.29 is 14.3 Å². The summed E-state index contributed by atoms with van der Waals surface area (Å²) >= 11 is 1.39. The molecule has 0 radical (unpaired) electrons. The molecule has 3 aromatic rings. The molecule has 1 aliphatic rings. The van der Waals surface area contributed by atoms with E-state index in [1.165, 1.54) is 11.8 Å². The van der Waals surface area contributed by atoms with Crippen LogP contribution < -0.4 is 4.74 Å². The minimum absolute atomic E-state index is 0.0847. The maximum Gasteiger partial charge on any atom is 0.233 e. The van der Waals surface area contributed by atoms with E-state index in [1.807, 2.05) is 45.9 Å². The maximum absolute atomic E-state index is 12.8. The number of rotatable bonds is 7. The minimum Gasteiger partial charge on any atom is -0.497 e. The number of morpholine rings is 1. The third-order valence-electron chi connectivity index (χ3n) is 5.17. The third kappa shape index (κ3) is 4.88. The molecule has 162 valence electrons. The van der Waals surface area contributed by atoms with E-state index in [9.17, 15) is 4.79 Å². The van der Waals surface area contributed by atoms with Crippen LogP contribution in [-0.4, -0.2) is 69.2 Å². The quantitative estimate of drug-likeness (QED) is 0.523. The van der Waals surface area contributed by atoms with E-state index in [4.69, 9.17) is 9.47 Å². The lowest BCUT2D eigenvalue weighted by Gasteiger charge is -2.32. The number of benzene rings is 1. The molecular weight excluding hydrogens is 414 g/mol. The number of nitrogens with zero attached hydrogens (tertiary/aromatic N) is 5. The summed E-state index contributed by atoms with van der Waals surface area (Å²) in [6, 6.07) is 11.5. The second kappa shape index (κ2) is 9.93. The number of ether oxygens (including phenoxy) is 2. The van der Waals surface area contributed by atoms with Crippen LogP contribution in [0.25, 0.3) is 17.1 Å². The van der Waals surface area contributed by atoms with Crippen molar-refractivity contribution in [1.29, 1.82) is 0 Å². The van der Waals surface area contributed by atoms with Crippen molar-refractivity contribution in [3.05, 3.63) is 48.8 Å². The van der Waals surface area contributed by atoms with Crippen LogP contribution in [0.3, 0.4) is 0 Å². The summed E-state index contributed by atoms with van der Waals surface area (Å²) in [5.74, 6) is 1.84. The highest BCUT2D eigenvalue weighted by atomic mass is 32.2. The van der Waals surface area contributed by atoms with Gasteiger partial charge < -0.3 is 14.4 Å². The summed E-state index contributed by atoms with van der Waals surface area (Å²) < 4.78 is 12.9. The lowest BCUT2D eigenvalue weighted by molar-refractivity contribution is -0.135. The molecule has 1 amide bonds. The predicted octanol–water partition coefficient (Wildman–Crippen LogP) is 3.07. The molecule has 1 aromatic carbocycles. The Morgan fingerprint density at radius 2 is 1.97 bits per heavy atom. The van der Waals surface area contributed by atoms with Gasteiger partial charge >= 0.3 is 0 Å². The minimum atomic E-state index is 0.0847. The number of carbonyl (C=O) groups is 1. The highest BCUT2D eigenvalue weighted by molar-refractivity contribution is 7.99. The molecule has 8 nitrogen and oxygen atoms in total. The summed E-state index contributed by atoms with van der Waals surface area (Å²) in [4.78, 5) is 18.8. The van der Waals surface area contributed by atoms with Gasteiger partial charge in [-0.05, 0) is 42.8 Å². The van der Waals surface area contributed by atoms with Gasteiger partial charge in [-0.3, -0.25) is 14.3 Å².